The predicted molar refractivity (Wildman–Crippen MR) is 91.2 cm³/mol. The van der Waals surface area contributed by atoms with Crippen molar-refractivity contribution in [2.75, 3.05) is 12.8 Å². The molecule has 2 aromatic heterocycles. The summed E-state index contributed by atoms with van der Waals surface area (Å²) >= 11 is 0. The summed E-state index contributed by atoms with van der Waals surface area (Å²) in [6.07, 6.45) is 1.59. The number of rotatable bonds is 4. The minimum absolute atomic E-state index is 0.194. The molecule has 0 fully saturated rings. The number of carboxylic acid groups (broad SMARTS) is 1. The van der Waals surface area contributed by atoms with Crippen LogP contribution in [0.5, 0.6) is 11.6 Å². The lowest BCUT2D eigenvalue weighted by atomic mass is 10.2. The van der Waals surface area contributed by atoms with Crippen LogP contribution in [0.15, 0.2) is 35.7 Å². The Morgan fingerprint density at radius 3 is 2.88 bits per heavy atom. The highest BCUT2D eigenvalue weighted by Gasteiger charge is 2.14. The van der Waals surface area contributed by atoms with E-state index < -0.39 is 6.09 Å². The van der Waals surface area contributed by atoms with Gasteiger partial charge in [-0.25, -0.2) is 14.8 Å². The highest BCUT2D eigenvalue weighted by molar-refractivity contribution is 5.91. The van der Waals surface area contributed by atoms with Crippen LogP contribution in [0.3, 0.4) is 0 Å². The van der Waals surface area contributed by atoms with E-state index in [0.29, 0.717) is 22.5 Å². The molecule has 1 aromatic carbocycles. The zero-order valence-electron chi connectivity index (χ0n) is 13.5. The second kappa shape index (κ2) is 6.48. The van der Waals surface area contributed by atoms with Crippen LogP contribution in [-0.4, -0.2) is 39.1 Å². The molecule has 2 heterocycles. The molecule has 9 heteroatoms. The molecule has 0 bridgehead atoms. The average molecular weight is 341 g/mol. The molecule has 0 amide bonds. The molecule has 128 valence electrons. The molecule has 3 N–H and O–H groups in total. The van der Waals surface area contributed by atoms with Crippen LogP contribution < -0.4 is 10.5 Å². The number of benzene rings is 1. The molecule has 0 aliphatic rings. The summed E-state index contributed by atoms with van der Waals surface area (Å²) in [5.74, 6) is 0.877. The van der Waals surface area contributed by atoms with E-state index in [-0.39, 0.29) is 11.7 Å². The van der Waals surface area contributed by atoms with E-state index in [4.69, 9.17) is 10.5 Å². The van der Waals surface area contributed by atoms with Crippen molar-refractivity contribution < 1.29 is 19.5 Å². The normalized spacial score (nSPS) is 11.1. The summed E-state index contributed by atoms with van der Waals surface area (Å²) in [6.45, 7) is 1.72. The second-order valence-electron chi connectivity index (χ2n) is 5.12. The number of hydrogen-bond acceptors (Lipinski definition) is 7. The van der Waals surface area contributed by atoms with Crippen molar-refractivity contribution in [1.29, 1.82) is 0 Å². The van der Waals surface area contributed by atoms with Crippen LogP contribution in [0.1, 0.15) is 11.3 Å². The quantitative estimate of drug-likeness (QED) is 0.552. The van der Waals surface area contributed by atoms with Gasteiger partial charge >= 0.3 is 6.09 Å². The van der Waals surface area contributed by atoms with Crippen molar-refractivity contribution in [2.45, 2.75) is 6.92 Å². The molecule has 0 radical (unpaired) electrons. The summed E-state index contributed by atoms with van der Waals surface area (Å²) in [4.78, 5) is 23.9. The molecule has 3 aromatic rings. The number of oxime groups is 1. The maximum atomic E-state index is 11.3. The number of carbonyl (C=O) groups is 1. The van der Waals surface area contributed by atoms with Crippen LogP contribution in [0.25, 0.3) is 10.9 Å². The lowest BCUT2D eigenvalue weighted by molar-refractivity contribution is 0.197. The molecule has 0 saturated heterocycles. The summed E-state index contributed by atoms with van der Waals surface area (Å²) < 4.78 is 6.98. The highest BCUT2D eigenvalue weighted by atomic mass is 16.6. The van der Waals surface area contributed by atoms with E-state index in [2.05, 4.69) is 20.0 Å². The molecular formula is C16H15N5O4. The van der Waals surface area contributed by atoms with Crippen LogP contribution in [-0.2, 0) is 4.84 Å². The molecule has 0 atom stereocenters. The molecule has 0 aliphatic heterocycles. The van der Waals surface area contributed by atoms with E-state index in [9.17, 15) is 9.90 Å². The second-order valence-corrected chi connectivity index (χ2v) is 5.12. The van der Waals surface area contributed by atoms with Gasteiger partial charge in [0.2, 0.25) is 5.88 Å². The maximum absolute atomic E-state index is 11.3. The molecular weight excluding hydrogens is 326 g/mol. The summed E-state index contributed by atoms with van der Waals surface area (Å²) in [5.41, 5.74) is 7.37. The monoisotopic (exact) mass is 341 g/mol. The Labute approximate surface area is 142 Å². The fraction of sp³-hybridized carbons (Fsp3) is 0.125. The predicted octanol–water partition coefficient (Wildman–Crippen LogP) is 2.62. The molecule has 3 rings (SSSR count). The smallest absolute Gasteiger partial charge is 0.416 e. The van der Waals surface area contributed by atoms with Gasteiger partial charge in [-0.3, -0.25) is 4.57 Å². The third kappa shape index (κ3) is 3.07. The Hall–Kier alpha value is -3.62. The number of nitrogen functional groups attached to an aromatic ring is 1. The number of ether oxygens (including phenoxy) is 1. The number of aryl methyl sites for hydroxylation is 1. The largest absolute Gasteiger partial charge is 0.464 e. The first-order valence-corrected chi connectivity index (χ1v) is 7.21. The standard InChI is InChI=1S/C16H15N5O4/c1-9-5-10-6-11(3-4-13(10)21(9)16(22)23)25-15-12(7-20-24-2)14(17)18-8-19-15/h3-8H,1-2H3,(H,22,23)(H2,17,18,19). The van der Waals surface area contributed by atoms with Gasteiger partial charge in [-0.05, 0) is 31.2 Å². The summed E-state index contributed by atoms with van der Waals surface area (Å²) in [7, 11) is 1.40. The molecule has 25 heavy (non-hydrogen) atoms. The third-order valence-corrected chi connectivity index (χ3v) is 3.53. The lowest BCUT2D eigenvalue weighted by Crippen LogP contribution is -2.08. The van der Waals surface area contributed by atoms with Crippen molar-refractivity contribution in [3.05, 3.63) is 41.9 Å². The zero-order valence-corrected chi connectivity index (χ0v) is 13.5. The number of hydrogen-bond donors (Lipinski definition) is 2. The van der Waals surface area contributed by atoms with Gasteiger partial charge in [0.05, 0.1) is 11.7 Å². The first-order valence-electron chi connectivity index (χ1n) is 7.21. The van der Waals surface area contributed by atoms with Crippen molar-refractivity contribution >= 4 is 29.0 Å². The van der Waals surface area contributed by atoms with E-state index in [1.165, 1.54) is 24.2 Å². The Morgan fingerprint density at radius 1 is 1.36 bits per heavy atom. The van der Waals surface area contributed by atoms with E-state index in [1.54, 1.807) is 31.2 Å². The number of aromatic nitrogens is 3. The van der Waals surface area contributed by atoms with Gasteiger partial charge < -0.3 is 20.4 Å². The number of anilines is 1. The van der Waals surface area contributed by atoms with Crippen molar-refractivity contribution in [1.82, 2.24) is 14.5 Å². The fourth-order valence-electron chi connectivity index (χ4n) is 2.46. The first-order chi connectivity index (χ1) is 12.0. The van der Waals surface area contributed by atoms with Gasteiger partial charge in [-0.15, -0.1) is 0 Å². The highest BCUT2D eigenvalue weighted by Crippen LogP contribution is 2.29. The minimum atomic E-state index is -1.04. The van der Waals surface area contributed by atoms with Crippen molar-refractivity contribution in [3.63, 3.8) is 0 Å². The molecule has 0 spiro atoms. The Bertz CT molecular complexity index is 980. The van der Waals surface area contributed by atoms with Crippen molar-refractivity contribution in [2.24, 2.45) is 5.16 Å². The molecule has 0 aliphatic carbocycles. The van der Waals surface area contributed by atoms with Crippen molar-refractivity contribution in [3.8, 4) is 11.6 Å². The summed E-state index contributed by atoms with van der Waals surface area (Å²) in [5, 5.41) is 13.7. The van der Waals surface area contributed by atoms with Gasteiger partial charge in [0.15, 0.2) is 0 Å². The van der Waals surface area contributed by atoms with Gasteiger partial charge in [0.25, 0.3) is 0 Å². The minimum Gasteiger partial charge on any atom is -0.464 e. The maximum Gasteiger partial charge on any atom is 0.416 e. The van der Waals surface area contributed by atoms with Gasteiger partial charge in [-0.1, -0.05) is 5.16 Å². The average Bonchev–Trinajstić information content (AvgIpc) is 2.89. The third-order valence-electron chi connectivity index (χ3n) is 3.53. The van der Waals surface area contributed by atoms with Gasteiger partial charge in [-0.2, -0.15) is 0 Å². The fourth-order valence-corrected chi connectivity index (χ4v) is 2.46. The van der Waals surface area contributed by atoms with E-state index >= 15 is 0 Å². The van der Waals surface area contributed by atoms with E-state index in [1.807, 2.05) is 0 Å². The molecule has 0 unspecified atom stereocenters. The molecule has 9 nitrogen and oxygen atoms in total. The number of fused-ring (bicyclic) bond motifs is 1. The SMILES string of the molecule is CON=Cc1c(N)ncnc1Oc1ccc2c(c1)cc(C)n2C(=O)O. The van der Waals surface area contributed by atoms with E-state index in [0.717, 1.165) is 5.39 Å². The topological polar surface area (TPSA) is 125 Å². The molecule has 0 saturated carbocycles. The Balaban J connectivity index is 2.01. The van der Waals surface area contributed by atoms with Gasteiger partial charge in [0, 0.05) is 11.1 Å². The zero-order chi connectivity index (χ0) is 18.0. The first kappa shape index (κ1) is 16.2. The van der Waals surface area contributed by atoms with Gasteiger partial charge in [0.1, 0.15) is 30.6 Å². The van der Waals surface area contributed by atoms with Crippen LogP contribution in [0, 0.1) is 6.92 Å². The van der Waals surface area contributed by atoms with Crippen LogP contribution in [0.4, 0.5) is 10.6 Å². The van der Waals surface area contributed by atoms with Crippen LogP contribution >= 0.6 is 0 Å². The lowest BCUT2D eigenvalue weighted by Gasteiger charge is -2.09. The number of nitrogens with two attached hydrogens (primary N) is 1. The number of nitrogens with zero attached hydrogens (tertiary/aromatic N) is 4. The Morgan fingerprint density at radius 2 is 2.16 bits per heavy atom. The Kier molecular flexibility index (Phi) is 4.21. The van der Waals surface area contributed by atoms with Crippen LogP contribution in [0.2, 0.25) is 0 Å². The summed E-state index contributed by atoms with van der Waals surface area (Å²) in [6, 6.07) is 6.80.